The molecule has 2 aromatic heterocycles. The molecule has 4 nitrogen and oxygen atoms in total. The van der Waals surface area contributed by atoms with E-state index in [0.717, 1.165) is 23.1 Å². The SMILES string of the molecule is Cc1nc(N)cc(NCCc2ccc(Cl)s2)n1. The number of halogens is 1. The van der Waals surface area contributed by atoms with Crippen molar-refractivity contribution in [2.75, 3.05) is 17.6 Å². The highest BCUT2D eigenvalue weighted by Crippen LogP contribution is 2.21. The Bertz CT molecular complexity index is 492. The van der Waals surface area contributed by atoms with Gasteiger partial charge >= 0.3 is 0 Å². The molecule has 2 aromatic rings. The number of anilines is 2. The minimum atomic E-state index is 0.485. The maximum absolute atomic E-state index is 5.86. The van der Waals surface area contributed by atoms with Crippen LogP contribution in [0.5, 0.6) is 0 Å². The van der Waals surface area contributed by atoms with Gasteiger partial charge in [-0.25, -0.2) is 9.97 Å². The predicted molar refractivity (Wildman–Crippen MR) is 72.7 cm³/mol. The van der Waals surface area contributed by atoms with Crippen LogP contribution in [-0.4, -0.2) is 16.5 Å². The first-order valence-electron chi connectivity index (χ1n) is 5.23. The Morgan fingerprint density at radius 3 is 2.88 bits per heavy atom. The van der Waals surface area contributed by atoms with Gasteiger partial charge in [-0.05, 0) is 25.5 Å². The fraction of sp³-hybridized carbons (Fsp3) is 0.273. The average molecular weight is 269 g/mol. The number of nitrogens with one attached hydrogen (secondary N) is 1. The summed E-state index contributed by atoms with van der Waals surface area (Å²) in [6.45, 7) is 2.62. The number of nitrogens with two attached hydrogens (primary N) is 1. The fourth-order valence-electron chi connectivity index (χ4n) is 1.48. The zero-order chi connectivity index (χ0) is 12.3. The van der Waals surface area contributed by atoms with Crippen LogP contribution >= 0.6 is 22.9 Å². The molecule has 0 aliphatic carbocycles. The van der Waals surface area contributed by atoms with Crippen LogP contribution in [-0.2, 0) is 6.42 Å². The third-order valence-electron chi connectivity index (χ3n) is 2.16. The first-order chi connectivity index (χ1) is 8.13. The number of nitrogens with zero attached hydrogens (tertiary/aromatic N) is 2. The van der Waals surface area contributed by atoms with E-state index in [1.807, 2.05) is 19.1 Å². The Hall–Kier alpha value is -1.33. The monoisotopic (exact) mass is 268 g/mol. The number of hydrogen-bond acceptors (Lipinski definition) is 5. The van der Waals surface area contributed by atoms with Crippen LogP contribution in [0.2, 0.25) is 4.34 Å². The highest BCUT2D eigenvalue weighted by atomic mass is 35.5. The van der Waals surface area contributed by atoms with Gasteiger partial charge in [0.15, 0.2) is 0 Å². The van der Waals surface area contributed by atoms with Crippen molar-refractivity contribution >= 4 is 34.6 Å². The molecule has 0 atom stereocenters. The number of rotatable bonds is 4. The van der Waals surface area contributed by atoms with E-state index in [1.54, 1.807) is 17.4 Å². The van der Waals surface area contributed by atoms with Gasteiger partial charge in [0.2, 0.25) is 0 Å². The largest absolute Gasteiger partial charge is 0.384 e. The number of thiophene rings is 1. The van der Waals surface area contributed by atoms with E-state index in [1.165, 1.54) is 4.88 Å². The lowest BCUT2D eigenvalue weighted by Gasteiger charge is -2.05. The number of hydrogen-bond donors (Lipinski definition) is 2. The molecule has 0 amide bonds. The fourth-order valence-corrected chi connectivity index (χ4v) is 2.57. The first-order valence-corrected chi connectivity index (χ1v) is 6.42. The van der Waals surface area contributed by atoms with Crippen LogP contribution in [0.1, 0.15) is 10.7 Å². The van der Waals surface area contributed by atoms with Crippen molar-refractivity contribution in [3.05, 3.63) is 33.2 Å². The van der Waals surface area contributed by atoms with Gasteiger partial charge in [0.1, 0.15) is 17.5 Å². The van der Waals surface area contributed by atoms with E-state index in [9.17, 15) is 0 Å². The molecule has 3 N–H and O–H groups in total. The third kappa shape index (κ3) is 3.57. The van der Waals surface area contributed by atoms with E-state index >= 15 is 0 Å². The lowest BCUT2D eigenvalue weighted by atomic mass is 10.3. The second kappa shape index (κ2) is 5.33. The lowest BCUT2D eigenvalue weighted by molar-refractivity contribution is 0.997. The van der Waals surface area contributed by atoms with Gasteiger partial charge in [0.05, 0.1) is 4.34 Å². The quantitative estimate of drug-likeness (QED) is 0.895. The van der Waals surface area contributed by atoms with Crippen molar-refractivity contribution < 1.29 is 0 Å². The Morgan fingerprint density at radius 2 is 2.24 bits per heavy atom. The zero-order valence-electron chi connectivity index (χ0n) is 9.40. The second-order valence-corrected chi connectivity index (χ2v) is 5.41. The first kappa shape index (κ1) is 12.1. The summed E-state index contributed by atoms with van der Waals surface area (Å²) in [5.74, 6) is 1.92. The number of aromatic nitrogens is 2. The predicted octanol–water partition coefficient (Wildman–Crippen LogP) is 2.74. The maximum atomic E-state index is 5.86. The molecule has 0 aliphatic heterocycles. The van der Waals surface area contributed by atoms with Gasteiger partial charge in [0.25, 0.3) is 0 Å². The van der Waals surface area contributed by atoms with E-state index in [-0.39, 0.29) is 0 Å². The lowest BCUT2D eigenvalue weighted by Crippen LogP contribution is -2.07. The molecule has 0 aromatic carbocycles. The molecule has 0 radical (unpaired) electrons. The molecule has 17 heavy (non-hydrogen) atoms. The van der Waals surface area contributed by atoms with Crippen molar-refractivity contribution in [3.63, 3.8) is 0 Å². The second-order valence-electron chi connectivity index (χ2n) is 3.61. The van der Waals surface area contributed by atoms with E-state index in [2.05, 4.69) is 15.3 Å². The van der Waals surface area contributed by atoms with E-state index < -0.39 is 0 Å². The van der Waals surface area contributed by atoms with Crippen LogP contribution in [0.15, 0.2) is 18.2 Å². The van der Waals surface area contributed by atoms with Crippen LogP contribution in [0.25, 0.3) is 0 Å². The van der Waals surface area contributed by atoms with Gasteiger partial charge in [-0.15, -0.1) is 11.3 Å². The summed E-state index contributed by atoms with van der Waals surface area (Å²) in [5, 5.41) is 3.22. The molecular weight excluding hydrogens is 256 g/mol. The highest BCUT2D eigenvalue weighted by molar-refractivity contribution is 7.16. The van der Waals surface area contributed by atoms with Crippen LogP contribution in [0, 0.1) is 6.92 Å². The van der Waals surface area contributed by atoms with Crippen molar-refractivity contribution in [1.29, 1.82) is 0 Å². The zero-order valence-corrected chi connectivity index (χ0v) is 11.0. The van der Waals surface area contributed by atoms with Crippen molar-refractivity contribution in [3.8, 4) is 0 Å². The van der Waals surface area contributed by atoms with Crippen LogP contribution < -0.4 is 11.1 Å². The summed E-state index contributed by atoms with van der Waals surface area (Å²) in [6.07, 6.45) is 0.917. The number of aryl methyl sites for hydroxylation is 1. The highest BCUT2D eigenvalue weighted by Gasteiger charge is 2.00. The Balaban J connectivity index is 1.89. The summed E-state index contributed by atoms with van der Waals surface area (Å²) < 4.78 is 0.821. The van der Waals surface area contributed by atoms with Crippen LogP contribution in [0.4, 0.5) is 11.6 Å². The summed E-state index contributed by atoms with van der Waals surface area (Å²) in [6, 6.07) is 5.68. The molecular formula is C11H13ClN4S. The molecule has 0 bridgehead atoms. The standard InChI is InChI=1S/C11H13ClN4S/c1-7-15-10(13)6-11(16-7)14-5-4-8-2-3-9(12)17-8/h2-3,6H,4-5H2,1H3,(H3,13,14,15,16). The number of nitrogen functional groups attached to an aromatic ring is 1. The summed E-state index contributed by atoms with van der Waals surface area (Å²) in [7, 11) is 0. The molecule has 90 valence electrons. The van der Waals surface area contributed by atoms with Gasteiger partial charge in [-0.2, -0.15) is 0 Å². The Labute approximate surface area is 109 Å². The molecule has 2 heterocycles. The van der Waals surface area contributed by atoms with Gasteiger partial charge in [-0.1, -0.05) is 11.6 Å². The van der Waals surface area contributed by atoms with Crippen molar-refractivity contribution in [2.24, 2.45) is 0 Å². The molecule has 0 fully saturated rings. The topological polar surface area (TPSA) is 63.8 Å². The minimum absolute atomic E-state index is 0.485. The molecule has 2 rings (SSSR count). The normalized spacial score (nSPS) is 10.5. The van der Waals surface area contributed by atoms with Crippen molar-refractivity contribution in [2.45, 2.75) is 13.3 Å². The van der Waals surface area contributed by atoms with E-state index in [0.29, 0.717) is 11.6 Å². The third-order valence-corrected chi connectivity index (χ3v) is 3.46. The molecule has 0 unspecified atom stereocenters. The summed E-state index contributed by atoms with van der Waals surface area (Å²) in [5.41, 5.74) is 5.64. The summed E-state index contributed by atoms with van der Waals surface area (Å²) in [4.78, 5) is 9.51. The van der Waals surface area contributed by atoms with Gasteiger partial charge < -0.3 is 11.1 Å². The molecule has 0 aliphatic rings. The Morgan fingerprint density at radius 1 is 1.41 bits per heavy atom. The molecule has 0 saturated carbocycles. The van der Waals surface area contributed by atoms with Gasteiger partial charge in [0, 0.05) is 17.5 Å². The molecule has 6 heteroatoms. The minimum Gasteiger partial charge on any atom is -0.384 e. The Kier molecular flexibility index (Phi) is 3.81. The maximum Gasteiger partial charge on any atom is 0.131 e. The molecule has 0 spiro atoms. The van der Waals surface area contributed by atoms with Gasteiger partial charge in [-0.3, -0.25) is 0 Å². The van der Waals surface area contributed by atoms with Crippen molar-refractivity contribution in [1.82, 2.24) is 9.97 Å². The average Bonchev–Trinajstić information content (AvgIpc) is 2.63. The molecule has 0 saturated heterocycles. The summed E-state index contributed by atoms with van der Waals surface area (Å²) >= 11 is 7.46. The smallest absolute Gasteiger partial charge is 0.131 e. The van der Waals surface area contributed by atoms with Crippen LogP contribution in [0.3, 0.4) is 0 Å². The van der Waals surface area contributed by atoms with E-state index in [4.69, 9.17) is 17.3 Å².